The van der Waals surface area contributed by atoms with Crippen molar-refractivity contribution in [2.24, 2.45) is 0 Å². The lowest BCUT2D eigenvalue weighted by atomic mass is 10.1. The number of rotatable bonds is 11. The summed E-state index contributed by atoms with van der Waals surface area (Å²) in [5.74, 6) is -0.923. The smallest absolute Gasteiger partial charge is 0.264 e. The number of benzene rings is 3. The molecule has 0 saturated carbocycles. The van der Waals surface area contributed by atoms with E-state index < -0.39 is 28.5 Å². The van der Waals surface area contributed by atoms with Gasteiger partial charge in [0.15, 0.2) is 0 Å². The minimum Gasteiger partial charge on any atom is -0.354 e. The van der Waals surface area contributed by atoms with Crippen LogP contribution in [0.4, 0.5) is 5.69 Å². The van der Waals surface area contributed by atoms with E-state index in [0.717, 1.165) is 20.8 Å². The molecule has 0 saturated heterocycles. The Morgan fingerprint density at radius 3 is 2.34 bits per heavy atom. The molecule has 0 aliphatic heterocycles. The quantitative estimate of drug-likeness (QED) is 0.283. The van der Waals surface area contributed by atoms with Crippen molar-refractivity contribution in [3.63, 3.8) is 0 Å². The molecule has 0 radical (unpaired) electrons. The zero-order chi connectivity index (χ0) is 27.9. The molecule has 0 aliphatic carbocycles. The van der Waals surface area contributed by atoms with Crippen LogP contribution < -0.4 is 9.62 Å². The molecule has 0 unspecified atom stereocenters. The van der Waals surface area contributed by atoms with Crippen molar-refractivity contribution in [1.29, 1.82) is 0 Å². The summed E-state index contributed by atoms with van der Waals surface area (Å²) in [5, 5.41) is 2.95. The highest BCUT2D eigenvalue weighted by molar-refractivity contribution is 9.10. The molecule has 0 fully saturated rings. The molecular formula is C27H28BrCl2N3O4S. The van der Waals surface area contributed by atoms with E-state index in [1.165, 1.54) is 29.2 Å². The van der Waals surface area contributed by atoms with Crippen LogP contribution in [0.2, 0.25) is 10.0 Å². The van der Waals surface area contributed by atoms with Gasteiger partial charge in [-0.05, 0) is 55.3 Å². The molecule has 0 aliphatic rings. The molecule has 11 heteroatoms. The van der Waals surface area contributed by atoms with Crippen molar-refractivity contribution >= 4 is 66.7 Å². The van der Waals surface area contributed by atoms with Crippen LogP contribution in [0.1, 0.15) is 25.8 Å². The first-order valence-electron chi connectivity index (χ1n) is 11.9. The molecule has 3 aromatic carbocycles. The zero-order valence-electron chi connectivity index (χ0n) is 20.9. The minimum absolute atomic E-state index is 0.00579. The highest BCUT2D eigenvalue weighted by Crippen LogP contribution is 2.35. The van der Waals surface area contributed by atoms with Gasteiger partial charge in [-0.15, -0.1) is 0 Å². The number of carbonyl (C=O) groups excluding carboxylic acids is 2. The van der Waals surface area contributed by atoms with Gasteiger partial charge in [-0.1, -0.05) is 82.5 Å². The van der Waals surface area contributed by atoms with E-state index in [0.29, 0.717) is 6.54 Å². The van der Waals surface area contributed by atoms with Crippen LogP contribution in [0.15, 0.2) is 82.2 Å². The first kappa shape index (κ1) is 30.0. The number of carbonyl (C=O) groups is 2. The topological polar surface area (TPSA) is 86.8 Å². The fraction of sp³-hybridized carbons (Fsp3) is 0.259. The highest BCUT2D eigenvalue weighted by atomic mass is 79.9. The van der Waals surface area contributed by atoms with E-state index in [1.807, 2.05) is 31.2 Å². The van der Waals surface area contributed by atoms with Gasteiger partial charge in [-0.3, -0.25) is 13.9 Å². The van der Waals surface area contributed by atoms with Crippen LogP contribution >= 0.6 is 39.1 Å². The standard InChI is InChI=1S/C27H28BrCl2N3O4S/c1-3-15-31-27(35)19(2)32(17-20-9-7-10-21(28)16-20)25(34)18-33(24-14-8-13-23(29)26(24)30)38(36,37)22-11-5-4-6-12-22/h4-14,16,19H,3,15,17-18H2,1-2H3,(H,31,35)/t19-/m0/s1. The lowest BCUT2D eigenvalue weighted by Gasteiger charge is -2.32. The summed E-state index contributed by atoms with van der Waals surface area (Å²) in [6, 6.07) is 18.8. The average Bonchev–Trinajstić information content (AvgIpc) is 2.90. The first-order valence-corrected chi connectivity index (χ1v) is 14.9. The second kappa shape index (κ2) is 13.5. The number of hydrogen-bond donors (Lipinski definition) is 1. The molecule has 38 heavy (non-hydrogen) atoms. The van der Waals surface area contributed by atoms with Gasteiger partial charge >= 0.3 is 0 Å². The van der Waals surface area contributed by atoms with Gasteiger partial charge in [0.25, 0.3) is 10.0 Å². The third-order valence-corrected chi connectivity index (χ3v) is 8.84. The van der Waals surface area contributed by atoms with E-state index in [4.69, 9.17) is 23.2 Å². The number of sulfonamides is 1. The molecule has 0 spiro atoms. The van der Waals surface area contributed by atoms with E-state index >= 15 is 0 Å². The Morgan fingerprint density at radius 1 is 1.00 bits per heavy atom. The molecule has 3 rings (SSSR count). The molecule has 2 amide bonds. The maximum absolute atomic E-state index is 13.9. The van der Waals surface area contributed by atoms with Crippen LogP contribution in [0.3, 0.4) is 0 Å². The number of nitrogens with one attached hydrogen (secondary N) is 1. The number of halogens is 3. The third-order valence-electron chi connectivity index (χ3n) is 5.77. The van der Waals surface area contributed by atoms with Crippen molar-refractivity contribution in [2.45, 2.75) is 37.8 Å². The molecule has 3 aromatic rings. The Kier molecular flexibility index (Phi) is 10.6. The molecule has 1 atom stereocenters. The van der Waals surface area contributed by atoms with Crippen molar-refractivity contribution < 1.29 is 18.0 Å². The summed E-state index contributed by atoms with van der Waals surface area (Å²) >= 11 is 16.1. The van der Waals surface area contributed by atoms with Crippen LogP contribution in [0, 0.1) is 0 Å². The molecule has 202 valence electrons. The Balaban J connectivity index is 2.05. The van der Waals surface area contributed by atoms with Crippen molar-refractivity contribution in [2.75, 3.05) is 17.4 Å². The Hall–Kier alpha value is -2.59. The number of hydrogen-bond acceptors (Lipinski definition) is 4. The number of amides is 2. The fourth-order valence-corrected chi connectivity index (χ4v) is 6.07. The molecule has 7 nitrogen and oxygen atoms in total. The fourth-order valence-electron chi connectivity index (χ4n) is 3.73. The number of nitrogens with zero attached hydrogens (tertiary/aromatic N) is 2. The van der Waals surface area contributed by atoms with Gasteiger partial charge < -0.3 is 10.2 Å². The molecular weight excluding hydrogens is 613 g/mol. The average molecular weight is 641 g/mol. The van der Waals surface area contributed by atoms with E-state index in [-0.39, 0.29) is 33.1 Å². The lowest BCUT2D eigenvalue weighted by Crippen LogP contribution is -2.51. The maximum atomic E-state index is 13.9. The second-order valence-corrected chi connectivity index (χ2v) is 12.1. The SMILES string of the molecule is CCCNC(=O)[C@H](C)N(Cc1cccc(Br)c1)C(=O)CN(c1cccc(Cl)c1Cl)S(=O)(=O)c1ccccc1. The monoisotopic (exact) mass is 639 g/mol. The van der Waals surface area contributed by atoms with Crippen molar-refractivity contribution in [1.82, 2.24) is 10.2 Å². The van der Waals surface area contributed by atoms with Crippen molar-refractivity contribution in [3.8, 4) is 0 Å². The van der Waals surface area contributed by atoms with Crippen molar-refractivity contribution in [3.05, 3.63) is 92.9 Å². The summed E-state index contributed by atoms with van der Waals surface area (Å²) in [7, 11) is -4.23. The third kappa shape index (κ3) is 7.28. The summed E-state index contributed by atoms with van der Waals surface area (Å²) in [6.45, 7) is 3.48. The number of anilines is 1. The van der Waals surface area contributed by atoms with Gasteiger partial charge in [0, 0.05) is 17.6 Å². The Morgan fingerprint density at radius 2 is 1.68 bits per heavy atom. The zero-order valence-corrected chi connectivity index (χ0v) is 24.8. The van der Waals surface area contributed by atoms with E-state index in [2.05, 4.69) is 21.2 Å². The minimum atomic E-state index is -4.23. The van der Waals surface area contributed by atoms with Gasteiger partial charge in [0.05, 0.1) is 20.6 Å². The Labute approximate surface area is 241 Å². The van der Waals surface area contributed by atoms with E-state index in [9.17, 15) is 18.0 Å². The van der Waals surface area contributed by atoms with Crippen LogP contribution in [0.5, 0.6) is 0 Å². The van der Waals surface area contributed by atoms with Gasteiger partial charge in [0.1, 0.15) is 12.6 Å². The van der Waals surface area contributed by atoms with Gasteiger partial charge in [-0.25, -0.2) is 8.42 Å². The molecule has 0 bridgehead atoms. The molecule has 0 heterocycles. The highest BCUT2D eigenvalue weighted by Gasteiger charge is 2.33. The first-order chi connectivity index (χ1) is 18.1. The largest absolute Gasteiger partial charge is 0.354 e. The van der Waals surface area contributed by atoms with E-state index in [1.54, 1.807) is 31.2 Å². The Bertz CT molecular complexity index is 1390. The maximum Gasteiger partial charge on any atom is 0.264 e. The normalized spacial score (nSPS) is 12.0. The second-order valence-electron chi connectivity index (χ2n) is 8.52. The van der Waals surface area contributed by atoms with Crippen LogP contribution in [-0.2, 0) is 26.2 Å². The van der Waals surface area contributed by atoms with Gasteiger partial charge in [-0.2, -0.15) is 0 Å². The molecule has 0 aromatic heterocycles. The summed E-state index contributed by atoms with van der Waals surface area (Å²) in [5.41, 5.74) is 0.822. The van der Waals surface area contributed by atoms with Gasteiger partial charge in [0.2, 0.25) is 11.8 Å². The van der Waals surface area contributed by atoms with Crippen LogP contribution in [-0.4, -0.2) is 44.3 Å². The molecule has 1 N–H and O–H groups in total. The summed E-state index contributed by atoms with van der Waals surface area (Å²) in [4.78, 5) is 28.1. The van der Waals surface area contributed by atoms with Crippen LogP contribution in [0.25, 0.3) is 0 Å². The lowest BCUT2D eigenvalue weighted by molar-refractivity contribution is -0.139. The summed E-state index contributed by atoms with van der Waals surface area (Å²) < 4.78 is 29.3. The predicted octanol–water partition coefficient (Wildman–Crippen LogP) is 5.89. The predicted molar refractivity (Wildman–Crippen MR) is 155 cm³/mol. The summed E-state index contributed by atoms with van der Waals surface area (Å²) in [6.07, 6.45) is 0.731.